The molecule has 24 heavy (non-hydrogen) atoms. The first-order chi connectivity index (χ1) is 11.6. The molecule has 2 aromatic rings. The number of carbonyl (C=O) groups is 2. The number of rotatable bonds is 3. The summed E-state index contributed by atoms with van der Waals surface area (Å²) in [4.78, 5) is 28.0. The van der Waals surface area contributed by atoms with E-state index in [4.69, 9.17) is 8.94 Å². The zero-order chi connectivity index (χ0) is 16.7. The van der Waals surface area contributed by atoms with E-state index in [1.54, 1.807) is 36.3 Å². The highest BCUT2D eigenvalue weighted by molar-refractivity contribution is 5.91. The van der Waals surface area contributed by atoms with Crippen LogP contribution >= 0.6 is 0 Å². The Morgan fingerprint density at radius 1 is 1.12 bits per heavy atom. The molecule has 0 radical (unpaired) electrons. The van der Waals surface area contributed by atoms with Crippen molar-refractivity contribution in [1.29, 1.82) is 0 Å². The lowest BCUT2D eigenvalue weighted by Crippen LogP contribution is -2.52. The van der Waals surface area contributed by atoms with Crippen molar-refractivity contribution >= 4 is 11.8 Å². The van der Waals surface area contributed by atoms with Gasteiger partial charge in [0.15, 0.2) is 5.76 Å². The molecule has 7 nitrogen and oxygen atoms in total. The van der Waals surface area contributed by atoms with E-state index < -0.39 is 5.41 Å². The smallest absolute Gasteiger partial charge is 0.235 e. The van der Waals surface area contributed by atoms with Gasteiger partial charge < -0.3 is 18.7 Å². The molecule has 2 aromatic heterocycles. The second kappa shape index (κ2) is 5.51. The molecule has 0 aromatic carbocycles. The summed E-state index contributed by atoms with van der Waals surface area (Å²) < 4.78 is 10.7. The Balaban J connectivity index is 1.49. The fourth-order valence-corrected chi connectivity index (χ4v) is 3.27. The van der Waals surface area contributed by atoms with Gasteiger partial charge in [0, 0.05) is 39.2 Å². The quantitative estimate of drug-likeness (QED) is 0.855. The number of furan rings is 1. The summed E-state index contributed by atoms with van der Waals surface area (Å²) in [6.07, 6.45) is 3.13. The molecule has 1 aliphatic carbocycles. The van der Waals surface area contributed by atoms with E-state index >= 15 is 0 Å². The molecule has 2 fully saturated rings. The molecule has 0 spiro atoms. The highest BCUT2D eigenvalue weighted by atomic mass is 16.5. The third-order valence-electron chi connectivity index (χ3n) is 4.94. The van der Waals surface area contributed by atoms with Crippen LogP contribution in [0.25, 0.3) is 11.5 Å². The number of hydrogen-bond acceptors (Lipinski definition) is 5. The van der Waals surface area contributed by atoms with Gasteiger partial charge in [-0.15, -0.1) is 0 Å². The molecular formula is C17H19N3O4. The van der Waals surface area contributed by atoms with Gasteiger partial charge in [0.25, 0.3) is 0 Å². The molecule has 0 unspecified atom stereocenters. The van der Waals surface area contributed by atoms with Gasteiger partial charge in [0.1, 0.15) is 0 Å². The van der Waals surface area contributed by atoms with Crippen LogP contribution < -0.4 is 0 Å². The fraction of sp³-hybridized carbons (Fsp3) is 0.471. The summed E-state index contributed by atoms with van der Waals surface area (Å²) in [5.74, 6) is 1.29. The summed E-state index contributed by atoms with van der Waals surface area (Å²) in [5, 5.41) is 4.12. The summed E-state index contributed by atoms with van der Waals surface area (Å²) in [7, 11) is 0. The van der Waals surface area contributed by atoms with Crippen LogP contribution in [0, 0.1) is 0 Å². The van der Waals surface area contributed by atoms with Gasteiger partial charge in [-0.3, -0.25) is 9.59 Å². The number of hydrogen-bond donors (Lipinski definition) is 0. The van der Waals surface area contributed by atoms with Gasteiger partial charge in [0.05, 0.1) is 17.4 Å². The molecule has 2 aliphatic rings. The maximum Gasteiger partial charge on any atom is 0.235 e. The molecule has 4 rings (SSSR count). The minimum absolute atomic E-state index is 0.0582. The third kappa shape index (κ3) is 2.40. The summed E-state index contributed by atoms with van der Waals surface area (Å²) in [5.41, 5.74) is 0.111. The lowest BCUT2D eigenvalue weighted by atomic mass is 9.99. The van der Waals surface area contributed by atoms with Crippen LogP contribution in [-0.2, 0) is 15.0 Å². The SMILES string of the molecule is CC(=O)N1CCN(C(=O)C2(c3cc(-c4ccco4)on3)CC2)CC1. The second-order valence-electron chi connectivity index (χ2n) is 6.43. The molecule has 1 saturated heterocycles. The second-order valence-corrected chi connectivity index (χ2v) is 6.43. The summed E-state index contributed by atoms with van der Waals surface area (Å²) >= 11 is 0. The van der Waals surface area contributed by atoms with Crippen LogP contribution in [0.15, 0.2) is 33.4 Å². The van der Waals surface area contributed by atoms with E-state index in [-0.39, 0.29) is 11.8 Å². The minimum atomic E-state index is -0.563. The monoisotopic (exact) mass is 329 g/mol. The molecule has 2 amide bonds. The van der Waals surface area contributed by atoms with Gasteiger partial charge in [0.2, 0.25) is 17.6 Å². The Kier molecular flexibility index (Phi) is 3.44. The zero-order valence-corrected chi connectivity index (χ0v) is 13.5. The molecule has 1 saturated carbocycles. The lowest BCUT2D eigenvalue weighted by molar-refractivity contribution is -0.140. The van der Waals surface area contributed by atoms with Crippen molar-refractivity contribution in [3.8, 4) is 11.5 Å². The van der Waals surface area contributed by atoms with Crippen molar-refractivity contribution in [1.82, 2.24) is 15.0 Å². The van der Waals surface area contributed by atoms with Gasteiger partial charge >= 0.3 is 0 Å². The van der Waals surface area contributed by atoms with Crippen LogP contribution in [0.5, 0.6) is 0 Å². The predicted octanol–water partition coefficient (Wildman–Crippen LogP) is 1.66. The van der Waals surface area contributed by atoms with E-state index in [0.29, 0.717) is 43.4 Å². The number of aromatic nitrogens is 1. The topological polar surface area (TPSA) is 79.8 Å². The Morgan fingerprint density at radius 2 is 1.83 bits per heavy atom. The largest absolute Gasteiger partial charge is 0.461 e. The van der Waals surface area contributed by atoms with Crippen molar-refractivity contribution in [2.24, 2.45) is 0 Å². The Morgan fingerprint density at radius 3 is 2.42 bits per heavy atom. The fourth-order valence-electron chi connectivity index (χ4n) is 3.27. The van der Waals surface area contributed by atoms with Crippen LogP contribution in [0.2, 0.25) is 0 Å². The van der Waals surface area contributed by atoms with Gasteiger partial charge in [-0.1, -0.05) is 5.16 Å². The summed E-state index contributed by atoms with van der Waals surface area (Å²) in [6, 6.07) is 5.38. The first-order valence-corrected chi connectivity index (χ1v) is 8.16. The van der Waals surface area contributed by atoms with Crippen LogP contribution in [0.1, 0.15) is 25.5 Å². The first kappa shape index (κ1) is 15.0. The molecule has 0 N–H and O–H groups in total. The normalized spacial score (nSPS) is 19.4. The highest BCUT2D eigenvalue weighted by Crippen LogP contribution is 2.49. The standard InChI is InChI=1S/C17H19N3O4/c1-12(21)19-6-8-20(9-7-19)16(22)17(4-5-17)15-11-14(24-18-15)13-3-2-10-23-13/h2-3,10-11H,4-9H2,1H3. The third-order valence-corrected chi connectivity index (χ3v) is 4.94. The number of nitrogens with zero attached hydrogens (tertiary/aromatic N) is 3. The van der Waals surface area contributed by atoms with Crippen molar-refractivity contribution < 1.29 is 18.5 Å². The Hall–Kier alpha value is -2.57. The van der Waals surface area contributed by atoms with Crippen molar-refractivity contribution in [3.05, 3.63) is 30.2 Å². The summed E-state index contributed by atoms with van der Waals surface area (Å²) in [6.45, 7) is 3.89. The number of amides is 2. The van der Waals surface area contributed by atoms with E-state index in [1.165, 1.54) is 0 Å². The molecule has 0 bridgehead atoms. The molecule has 0 atom stereocenters. The highest BCUT2D eigenvalue weighted by Gasteiger charge is 2.55. The van der Waals surface area contributed by atoms with Crippen LogP contribution in [0.4, 0.5) is 0 Å². The number of piperazine rings is 1. The van der Waals surface area contributed by atoms with E-state index in [1.807, 2.05) is 4.90 Å². The van der Waals surface area contributed by atoms with Crippen molar-refractivity contribution in [2.45, 2.75) is 25.2 Å². The minimum Gasteiger partial charge on any atom is -0.461 e. The predicted molar refractivity (Wildman–Crippen MR) is 84.0 cm³/mol. The molecular weight excluding hydrogens is 310 g/mol. The van der Waals surface area contributed by atoms with E-state index in [2.05, 4.69) is 5.16 Å². The van der Waals surface area contributed by atoms with Crippen molar-refractivity contribution in [2.75, 3.05) is 26.2 Å². The molecule has 7 heteroatoms. The van der Waals surface area contributed by atoms with Gasteiger partial charge in [-0.05, 0) is 25.0 Å². The maximum absolute atomic E-state index is 13.0. The molecule has 126 valence electrons. The maximum atomic E-state index is 13.0. The molecule has 1 aliphatic heterocycles. The average Bonchev–Trinajstić information content (AvgIpc) is 3.03. The Labute approximate surface area is 139 Å². The van der Waals surface area contributed by atoms with Gasteiger partial charge in [-0.25, -0.2) is 0 Å². The van der Waals surface area contributed by atoms with E-state index in [0.717, 1.165) is 12.8 Å². The first-order valence-electron chi connectivity index (χ1n) is 8.16. The molecule has 3 heterocycles. The van der Waals surface area contributed by atoms with Crippen LogP contribution in [0.3, 0.4) is 0 Å². The van der Waals surface area contributed by atoms with Crippen LogP contribution in [-0.4, -0.2) is 52.9 Å². The van der Waals surface area contributed by atoms with E-state index in [9.17, 15) is 9.59 Å². The Bertz CT molecular complexity index is 753. The zero-order valence-electron chi connectivity index (χ0n) is 13.5. The lowest BCUT2D eigenvalue weighted by Gasteiger charge is -2.35. The number of carbonyl (C=O) groups excluding carboxylic acids is 2. The average molecular weight is 329 g/mol. The van der Waals surface area contributed by atoms with Gasteiger partial charge in [-0.2, -0.15) is 0 Å². The van der Waals surface area contributed by atoms with Crippen molar-refractivity contribution in [3.63, 3.8) is 0 Å².